The van der Waals surface area contributed by atoms with E-state index in [0.717, 1.165) is 24.1 Å². The summed E-state index contributed by atoms with van der Waals surface area (Å²) in [6, 6.07) is 4.36. The van der Waals surface area contributed by atoms with Gasteiger partial charge in [0.15, 0.2) is 0 Å². The summed E-state index contributed by atoms with van der Waals surface area (Å²) in [5, 5.41) is 3.40. The van der Waals surface area contributed by atoms with Crippen molar-refractivity contribution in [1.29, 1.82) is 0 Å². The van der Waals surface area contributed by atoms with E-state index in [0.29, 0.717) is 29.1 Å². The summed E-state index contributed by atoms with van der Waals surface area (Å²) in [4.78, 5) is 12.5. The molecular weight excluding hydrogens is 291 g/mol. The second kappa shape index (κ2) is 7.38. The van der Waals surface area contributed by atoms with E-state index in [1.807, 2.05) is 0 Å². The lowest BCUT2D eigenvalue weighted by atomic mass is 10.2. The maximum atomic E-state index is 13.2. The second-order valence-electron chi connectivity index (χ2n) is 4.71. The summed E-state index contributed by atoms with van der Waals surface area (Å²) >= 11 is 1.28. The zero-order chi connectivity index (χ0) is 15.2. The van der Waals surface area contributed by atoms with E-state index in [-0.39, 0.29) is 11.7 Å². The smallest absolute Gasteiger partial charge is 0.263 e. The summed E-state index contributed by atoms with van der Waals surface area (Å²) in [6.07, 6.45) is 1.74. The first-order valence-electron chi connectivity index (χ1n) is 6.97. The van der Waals surface area contributed by atoms with Gasteiger partial charge in [0.05, 0.1) is 5.69 Å². The third kappa shape index (κ3) is 3.92. The van der Waals surface area contributed by atoms with Crippen LogP contribution in [-0.2, 0) is 4.74 Å². The number of nitrogens with one attached hydrogen (secondary N) is 1. The molecule has 0 atom stereocenters. The number of anilines is 1. The summed E-state index contributed by atoms with van der Waals surface area (Å²) in [5.41, 5.74) is 6.28. The van der Waals surface area contributed by atoms with E-state index in [4.69, 9.17) is 10.5 Å². The molecule has 0 unspecified atom stereocenters. The Balaban J connectivity index is 1.95. The fourth-order valence-corrected chi connectivity index (χ4v) is 2.98. The van der Waals surface area contributed by atoms with Crippen molar-refractivity contribution in [2.45, 2.75) is 19.8 Å². The number of nitrogen functional groups attached to an aromatic ring is 1. The number of rotatable bonds is 7. The van der Waals surface area contributed by atoms with Gasteiger partial charge >= 0.3 is 0 Å². The molecule has 2 aromatic rings. The lowest BCUT2D eigenvalue weighted by Gasteiger charge is -2.05. The van der Waals surface area contributed by atoms with Gasteiger partial charge in [-0.25, -0.2) is 4.39 Å². The van der Waals surface area contributed by atoms with Crippen molar-refractivity contribution in [3.05, 3.63) is 28.9 Å². The van der Waals surface area contributed by atoms with Crippen molar-refractivity contribution in [3.63, 3.8) is 0 Å². The number of carbonyl (C=O) groups excluding carboxylic acids is 1. The molecule has 6 heteroatoms. The van der Waals surface area contributed by atoms with Crippen molar-refractivity contribution in [1.82, 2.24) is 5.32 Å². The normalized spacial score (nSPS) is 11.0. The largest absolute Gasteiger partial charge is 0.397 e. The van der Waals surface area contributed by atoms with Gasteiger partial charge in [-0.05, 0) is 31.0 Å². The topological polar surface area (TPSA) is 64.3 Å². The molecule has 114 valence electrons. The maximum Gasteiger partial charge on any atom is 0.263 e. The highest BCUT2D eigenvalue weighted by Crippen LogP contribution is 2.33. The number of fused-ring (bicyclic) bond motifs is 1. The van der Waals surface area contributed by atoms with E-state index in [1.165, 1.54) is 23.5 Å². The van der Waals surface area contributed by atoms with Crippen LogP contribution in [0.4, 0.5) is 10.1 Å². The number of thiophene rings is 1. The zero-order valence-electron chi connectivity index (χ0n) is 11.9. The molecule has 1 aromatic heterocycles. The van der Waals surface area contributed by atoms with E-state index in [9.17, 15) is 9.18 Å². The highest BCUT2D eigenvalue weighted by Gasteiger charge is 2.16. The minimum absolute atomic E-state index is 0.218. The Morgan fingerprint density at radius 3 is 3.00 bits per heavy atom. The monoisotopic (exact) mass is 310 g/mol. The van der Waals surface area contributed by atoms with Gasteiger partial charge < -0.3 is 15.8 Å². The number of amides is 1. The Hall–Kier alpha value is -1.66. The Morgan fingerprint density at radius 2 is 2.24 bits per heavy atom. The quantitative estimate of drug-likeness (QED) is 0.772. The van der Waals surface area contributed by atoms with E-state index in [1.54, 1.807) is 6.07 Å². The van der Waals surface area contributed by atoms with E-state index < -0.39 is 0 Å². The second-order valence-corrected chi connectivity index (χ2v) is 5.76. The van der Waals surface area contributed by atoms with Crippen LogP contribution in [0.2, 0.25) is 0 Å². The predicted molar refractivity (Wildman–Crippen MR) is 84.3 cm³/mol. The fourth-order valence-electron chi connectivity index (χ4n) is 1.96. The van der Waals surface area contributed by atoms with Crippen molar-refractivity contribution in [3.8, 4) is 0 Å². The Morgan fingerprint density at radius 1 is 1.43 bits per heavy atom. The van der Waals surface area contributed by atoms with Crippen LogP contribution in [0.5, 0.6) is 0 Å². The van der Waals surface area contributed by atoms with Crippen LogP contribution in [-0.4, -0.2) is 25.7 Å². The summed E-state index contributed by atoms with van der Waals surface area (Å²) < 4.78 is 19.4. The highest BCUT2D eigenvalue weighted by atomic mass is 32.1. The van der Waals surface area contributed by atoms with Gasteiger partial charge in [0.1, 0.15) is 10.7 Å². The molecule has 0 saturated heterocycles. The van der Waals surface area contributed by atoms with Crippen molar-refractivity contribution >= 4 is 33.0 Å². The third-order valence-corrected chi connectivity index (χ3v) is 4.18. The summed E-state index contributed by atoms with van der Waals surface area (Å²) in [6.45, 7) is 3.95. The van der Waals surface area contributed by atoms with Crippen LogP contribution in [0.3, 0.4) is 0 Å². The number of nitrogens with two attached hydrogens (primary N) is 1. The number of benzene rings is 1. The van der Waals surface area contributed by atoms with Crippen LogP contribution < -0.4 is 11.1 Å². The Labute approximate surface area is 127 Å². The molecule has 2 rings (SSSR count). The SMILES string of the molecule is CCCOCCCNC(=O)c1sc2ccc(F)cc2c1N. The molecule has 1 amide bonds. The van der Waals surface area contributed by atoms with Crippen LogP contribution in [0.25, 0.3) is 10.1 Å². The van der Waals surface area contributed by atoms with E-state index in [2.05, 4.69) is 12.2 Å². The summed E-state index contributed by atoms with van der Waals surface area (Å²) in [5.74, 6) is -0.573. The van der Waals surface area contributed by atoms with Gasteiger partial charge in [-0.15, -0.1) is 11.3 Å². The zero-order valence-corrected chi connectivity index (χ0v) is 12.8. The first-order chi connectivity index (χ1) is 10.1. The summed E-state index contributed by atoms with van der Waals surface area (Å²) in [7, 11) is 0. The van der Waals surface area contributed by atoms with Crippen LogP contribution >= 0.6 is 11.3 Å². The lowest BCUT2D eigenvalue weighted by molar-refractivity contribution is 0.0946. The molecule has 0 fully saturated rings. The minimum Gasteiger partial charge on any atom is -0.397 e. The average molecular weight is 310 g/mol. The minimum atomic E-state index is -0.355. The molecule has 1 aromatic carbocycles. The molecule has 0 radical (unpaired) electrons. The van der Waals surface area contributed by atoms with Gasteiger partial charge in [-0.3, -0.25) is 4.79 Å². The van der Waals surface area contributed by atoms with Gasteiger partial charge in [-0.1, -0.05) is 6.92 Å². The van der Waals surface area contributed by atoms with Crippen molar-refractivity contribution < 1.29 is 13.9 Å². The number of hydrogen-bond acceptors (Lipinski definition) is 4. The molecular formula is C15H19FN2O2S. The molecule has 0 aliphatic heterocycles. The van der Waals surface area contributed by atoms with Crippen LogP contribution in [0.15, 0.2) is 18.2 Å². The van der Waals surface area contributed by atoms with Gasteiger partial charge in [0.25, 0.3) is 5.91 Å². The third-order valence-electron chi connectivity index (χ3n) is 2.99. The van der Waals surface area contributed by atoms with Gasteiger partial charge in [-0.2, -0.15) is 0 Å². The molecule has 3 N–H and O–H groups in total. The molecule has 0 bridgehead atoms. The number of ether oxygens (including phenoxy) is 1. The molecule has 0 aliphatic carbocycles. The van der Waals surface area contributed by atoms with Gasteiger partial charge in [0.2, 0.25) is 0 Å². The molecule has 1 heterocycles. The molecule has 0 saturated carbocycles. The fraction of sp³-hybridized carbons (Fsp3) is 0.400. The van der Waals surface area contributed by atoms with E-state index >= 15 is 0 Å². The van der Waals surface area contributed by atoms with Crippen LogP contribution in [0.1, 0.15) is 29.4 Å². The maximum absolute atomic E-state index is 13.2. The molecule has 0 aliphatic rings. The first-order valence-corrected chi connectivity index (χ1v) is 7.78. The molecule has 4 nitrogen and oxygen atoms in total. The Kier molecular flexibility index (Phi) is 5.52. The number of hydrogen-bond donors (Lipinski definition) is 2. The average Bonchev–Trinajstić information content (AvgIpc) is 2.79. The van der Waals surface area contributed by atoms with Crippen molar-refractivity contribution in [2.24, 2.45) is 0 Å². The predicted octanol–water partition coefficient (Wildman–Crippen LogP) is 3.17. The Bertz CT molecular complexity index is 627. The number of carbonyl (C=O) groups is 1. The molecule has 0 spiro atoms. The van der Waals surface area contributed by atoms with Crippen molar-refractivity contribution in [2.75, 3.05) is 25.5 Å². The standard InChI is InChI=1S/C15H19FN2O2S/c1-2-7-20-8-3-6-18-15(19)14-13(17)11-9-10(16)4-5-12(11)21-14/h4-5,9H,2-3,6-8,17H2,1H3,(H,18,19). The molecule has 21 heavy (non-hydrogen) atoms. The lowest BCUT2D eigenvalue weighted by Crippen LogP contribution is -2.25. The van der Waals surface area contributed by atoms with Gasteiger partial charge in [0, 0.05) is 29.8 Å². The number of halogens is 1. The first kappa shape index (κ1) is 15.7. The van der Waals surface area contributed by atoms with Crippen LogP contribution in [0, 0.1) is 5.82 Å². The highest BCUT2D eigenvalue weighted by molar-refractivity contribution is 7.21.